The Hall–Kier alpha value is -3.34. The lowest BCUT2D eigenvalue weighted by atomic mass is 9.99. The number of nitrogens with one attached hydrogen (secondary N) is 1. The van der Waals surface area contributed by atoms with E-state index in [2.05, 4.69) is 24.4 Å². The molecule has 0 aliphatic rings. The number of fused-ring (bicyclic) bond motifs is 1. The molecule has 0 bridgehead atoms. The summed E-state index contributed by atoms with van der Waals surface area (Å²) in [5.41, 5.74) is 4.66. The third kappa shape index (κ3) is 5.13. The first-order valence-corrected chi connectivity index (χ1v) is 9.72. The molecule has 5 heteroatoms. The normalized spacial score (nSPS) is 12.1. The summed E-state index contributed by atoms with van der Waals surface area (Å²) < 4.78 is 10.9. The molecule has 3 aromatic rings. The average Bonchev–Trinajstić information content (AvgIpc) is 2.77. The van der Waals surface area contributed by atoms with Gasteiger partial charge in [-0.1, -0.05) is 50.2 Å². The number of hydrogen-bond donors (Lipinski definition) is 1. The summed E-state index contributed by atoms with van der Waals surface area (Å²) in [4.78, 5) is 12.0. The summed E-state index contributed by atoms with van der Waals surface area (Å²) in [5, 5.41) is 6.06. The fourth-order valence-corrected chi connectivity index (χ4v) is 3.07. The zero-order chi connectivity index (χ0) is 20.6. The van der Waals surface area contributed by atoms with Crippen LogP contribution in [-0.4, -0.2) is 25.8 Å². The van der Waals surface area contributed by atoms with Crippen LogP contribution < -0.4 is 14.9 Å². The van der Waals surface area contributed by atoms with Crippen LogP contribution in [0.5, 0.6) is 11.5 Å². The average molecular weight is 390 g/mol. The van der Waals surface area contributed by atoms with Gasteiger partial charge in [0.1, 0.15) is 11.5 Å². The Morgan fingerprint density at radius 2 is 1.79 bits per heavy atom. The number of hydrogen-bond acceptors (Lipinski definition) is 4. The van der Waals surface area contributed by atoms with Gasteiger partial charge in [-0.15, -0.1) is 0 Å². The lowest BCUT2D eigenvalue weighted by molar-refractivity contribution is -0.123. The number of ether oxygens (including phenoxy) is 2. The minimum atomic E-state index is -0.315. The van der Waals surface area contributed by atoms with E-state index in [9.17, 15) is 4.79 Å². The molecule has 5 nitrogen and oxygen atoms in total. The highest BCUT2D eigenvalue weighted by Crippen LogP contribution is 2.27. The molecule has 1 atom stereocenters. The molecule has 1 N–H and O–H groups in total. The fourth-order valence-electron chi connectivity index (χ4n) is 3.07. The van der Waals surface area contributed by atoms with Crippen LogP contribution >= 0.6 is 0 Å². The number of amides is 1. The molecule has 0 saturated heterocycles. The predicted octanol–water partition coefficient (Wildman–Crippen LogP) is 4.89. The lowest BCUT2D eigenvalue weighted by Gasteiger charge is -2.10. The van der Waals surface area contributed by atoms with Crippen molar-refractivity contribution in [3.8, 4) is 11.5 Å². The van der Waals surface area contributed by atoms with E-state index in [0.717, 1.165) is 28.5 Å². The van der Waals surface area contributed by atoms with Gasteiger partial charge in [-0.2, -0.15) is 5.10 Å². The van der Waals surface area contributed by atoms with Crippen molar-refractivity contribution in [2.75, 3.05) is 13.7 Å². The number of carbonyl (C=O) groups excluding carboxylic acids is 1. The van der Waals surface area contributed by atoms with Crippen molar-refractivity contribution in [2.45, 2.75) is 26.2 Å². The number of rotatable bonds is 8. The second kappa shape index (κ2) is 9.73. The number of methoxy groups -OCH3 is 1. The van der Waals surface area contributed by atoms with Crippen LogP contribution in [0.1, 0.15) is 37.3 Å². The largest absolute Gasteiger partial charge is 0.496 e. The van der Waals surface area contributed by atoms with E-state index in [1.165, 1.54) is 5.56 Å². The molecule has 0 heterocycles. The zero-order valence-corrected chi connectivity index (χ0v) is 17.0. The summed E-state index contributed by atoms with van der Waals surface area (Å²) in [5.74, 6) is 1.66. The molecule has 29 heavy (non-hydrogen) atoms. The van der Waals surface area contributed by atoms with Gasteiger partial charge in [0.05, 0.1) is 13.3 Å². The van der Waals surface area contributed by atoms with E-state index in [1.807, 2.05) is 60.7 Å². The molecular weight excluding hydrogens is 364 g/mol. The Morgan fingerprint density at radius 3 is 2.48 bits per heavy atom. The smallest absolute Gasteiger partial charge is 0.277 e. The molecule has 0 fully saturated rings. The summed E-state index contributed by atoms with van der Waals surface area (Å²) >= 11 is 0. The van der Waals surface area contributed by atoms with E-state index in [-0.39, 0.29) is 12.5 Å². The number of hydrazone groups is 1. The van der Waals surface area contributed by atoms with Crippen molar-refractivity contribution < 1.29 is 14.3 Å². The minimum absolute atomic E-state index is 0.0939. The number of benzene rings is 3. The van der Waals surface area contributed by atoms with Crippen LogP contribution in [0.3, 0.4) is 0 Å². The third-order valence-electron chi connectivity index (χ3n) is 4.96. The van der Waals surface area contributed by atoms with E-state index >= 15 is 0 Å². The molecule has 0 saturated carbocycles. The van der Waals surface area contributed by atoms with Crippen LogP contribution in [0.2, 0.25) is 0 Å². The zero-order valence-electron chi connectivity index (χ0n) is 17.0. The van der Waals surface area contributed by atoms with Crippen molar-refractivity contribution >= 4 is 22.9 Å². The molecule has 3 rings (SSSR count). The van der Waals surface area contributed by atoms with Crippen molar-refractivity contribution in [1.29, 1.82) is 0 Å². The van der Waals surface area contributed by atoms with Gasteiger partial charge in [0.25, 0.3) is 5.91 Å². The standard InChI is InChI=1S/C24H26N2O3/c1-4-17(2)18-9-12-20(13-10-18)29-16-24(27)26-25-15-19-11-14-23(28-3)22-8-6-5-7-21(19)22/h5-15,17H,4,16H2,1-3H3,(H,26,27). The number of carbonyl (C=O) groups is 1. The summed E-state index contributed by atoms with van der Waals surface area (Å²) in [6, 6.07) is 19.5. The highest BCUT2D eigenvalue weighted by molar-refractivity contribution is 6.02. The third-order valence-corrected chi connectivity index (χ3v) is 4.96. The van der Waals surface area contributed by atoms with Crippen LogP contribution in [0.25, 0.3) is 10.8 Å². The second-order valence-electron chi connectivity index (χ2n) is 6.86. The first-order valence-electron chi connectivity index (χ1n) is 9.72. The van der Waals surface area contributed by atoms with Gasteiger partial charge in [0, 0.05) is 10.9 Å². The predicted molar refractivity (Wildman–Crippen MR) is 117 cm³/mol. The Labute approximate surface area is 171 Å². The quantitative estimate of drug-likeness (QED) is 0.440. The molecule has 3 aromatic carbocycles. The molecule has 0 spiro atoms. The first-order chi connectivity index (χ1) is 14.1. The van der Waals surface area contributed by atoms with Crippen molar-refractivity contribution in [3.63, 3.8) is 0 Å². The monoisotopic (exact) mass is 390 g/mol. The first kappa shape index (κ1) is 20.4. The molecule has 150 valence electrons. The second-order valence-corrected chi connectivity index (χ2v) is 6.86. The van der Waals surface area contributed by atoms with E-state index in [0.29, 0.717) is 11.7 Å². The minimum Gasteiger partial charge on any atom is -0.496 e. The van der Waals surface area contributed by atoms with Crippen LogP contribution in [0.15, 0.2) is 65.8 Å². The Kier molecular flexibility index (Phi) is 6.85. The highest BCUT2D eigenvalue weighted by atomic mass is 16.5. The maximum Gasteiger partial charge on any atom is 0.277 e. The summed E-state index contributed by atoms with van der Waals surface area (Å²) in [6.45, 7) is 4.26. The SMILES string of the molecule is CCC(C)c1ccc(OCC(=O)NN=Cc2ccc(OC)c3ccccc23)cc1. The van der Waals surface area contributed by atoms with Gasteiger partial charge in [-0.05, 0) is 47.6 Å². The lowest BCUT2D eigenvalue weighted by Crippen LogP contribution is -2.24. The van der Waals surface area contributed by atoms with Crippen LogP contribution in [-0.2, 0) is 4.79 Å². The van der Waals surface area contributed by atoms with E-state index in [1.54, 1.807) is 13.3 Å². The molecule has 0 aliphatic carbocycles. The summed E-state index contributed by atoms with van der Waals surface area (Å²) in [6.07, 6.45) is 2.71. The molecule has 1 amide bonds. The van der Waals surface area contributed by atoms with Crippen LogP contribution in [0.4, 0.5) is 0 Å². The fraction of sp³-hybridized carbons (Fsp3) is 0.250. The molecule has 1 unspecified atom stereocenters. The van der Waals surface area contributed by atoms with Gasteiger partial charge in [-0.25, -0.2) is 5.43 Å². The van der Waals surface area contributed by atoms with Crippen molar-refractivity contribution in [3.05, 3.63) is 71.8 Å². The molecule has 0 aromatic heterocycles. The Balaban J connectivity index is 1.57. The Morgan fingerprint density at radius 1 is 1.07 bits per heavy atom. The summed E-state index contributed by atoms with van der Waals surface area (Å²) in [7, 11) is 1.65. The highest BCUT2D eigenvalue weighted by Gasteiger charge is 2.06. The van der Waals surface area contributed by atoms with Crippen LogP contribution in [0, 0.1) is 0 Å². The van der Waals surface area contributed by atoms with Gasteiger partial charge < -0.3 is 9.47 Å². The van der Waals surface area contributed by atoms with E-state index in [4.69, 9.17) is 9.47 Å². The van der Waals surface area contributed by atoms with Gasteiger partial charge >= 0.3 is 0 Å². The topological polar surface area (TPSA) is 59.9 Å². The Bertz CT molecular complexity index is 997. The van der Waals surface area contributed by atoms with Gasteiger partial charge in [-0.3, -0.25) is 4.79 Å². The van der Waals surface area contributed by atoms with Gasteiger partial charge in [0.2, 0.25) is 0 Å². The molecule has 0 aliphatic heterocycles. The molecular formula is C24H26N2O3. The maximum absolute atomic E-state index is 12.0. The molecule has 0 radical (unpaired) electrons. The maximum atomic E-state index is 12.0. The van der Waals surface area contributed by atoms with E-state index < -0.39 is 0 Å². The van der Waals surface area contributed by atoms with Crippen molar-refractivity contribution in [2.24, 2.45) is 5.10 Å². The number of nitrogens with zero attached hydrogens (tertiary/aromatic N) is 1. The van der Waals surface area contributed by atoms with Crippen molar-refractivity contribution in [1.82, 2.24) is 5.43 Å². The van der Waals surface area contributed by atoms with Gasteiger partial charge in [0.15, 0.2) is 6.61 Å².